The van der Waals surface area contributed by atoms with Crippen LogP contribution in [0.3, 0.4) is 0 Å². The van der Waals surface area contributed by atoms with Gasteiger partial charge in [-0.1, -0.05) is 0 Å². The van der Waals surface area contributed by atoms with Crippen molar-refractivity contribution in [1.29, 1.82) is 0 Å². The molecule has 5 nitrogen and oxygen atoms in total. The van der Waals surface area contributed by atoms with Gasteiger partial charge in [0.1, 0.15) is 5.82 Å². The summed E-state index contributed by atoms with van der Waals surface area (Å²) >= 11 is 0. The molecule has 2 N–H and O–H groups in total. The molecule has 3 rings (SSSR count). The van der Waals surface area contributed by atoms with Gasteiger partial charge in [0.05, 0.1) is 11.2 Å². The van der Waals surface area contributed by atoms with Crippen LogP contribution in [0, 0.1) is 13.8 Å². The van der Waals surface area contributed by atoms with Crippen molar-refractivity contribution in [2.45, 2.75) is 13.8 Å². The molecule has 0 aliphatic heterocycles. The van der Waals surface area contributed by atoms with Gasteiger partial charge >= 0.3 is 0 Å². The van der Waals surface area contributed by atoms with E-state index >= 15 is 0 Å². The van der Waals surface area contributed by atoms with Gasteiger partial charge in [-0.15, -0.1) is 0 Å². The lowest BCUT2D eigenvalue weighted by atomic mass is 10.2. The Bertz CT molecular complexity index is 649. The second kappa shape index (κ2) is 3.16. The molecular formula is C11H11N5. The number of aromatic amines is 2. The van der Waals surface area contributed by atoms with Crippen LogP contribution in [-0.4, -0.2) is 25.1 Å². The Morgan fingerprint density at radius 2 is 2.06 bits per heavy atom. The van der Waals surface area contributed by atoms with E-state index in [1.165, 1.54) is 0 Å². The Balaban J connectivity index is 2.17. The first-order valence-electron chi connectivity index (χ1n) is 5.07. The second-order valence-corrected chi connectivity index (χ2v) is 3.85. The highest BCUT2D eigenvalue weighted by Gasteiger charge is 2.06. The SMILES string of the molecule is Cc1cc(-c2cnc3nc(C)[nH]c3c2)n[nH]1. The maximum absolute atomic E-state index is 4.29. The second-order valence-electron chi connectivity index (χ2n) is 3.85. The number of H-pyrrole nitrogens is 2. The van der Waals surface area contributed by atoms with Gasteiger partial charge in [0.15, 0.2) is 5.65 Å². The Hall–Kier alpha value is -2.17. The van der Waals surface area contributed by atoms with Gasteiger partial charge in [-0.2, -0.15) is 5.10 Å². The van der Waals surface area contributed by atoms with Crippen LogP contribution in [0.4, 0.5) is 0 Å². The lowest BCUT2D eigenvalue weighted by molar-refractivity contribution is 1.05. The molecule has 0 unspecified atom stereocenters. The molecule has 0 saturated heterocycles. The molecule has 0 spiro atoms. The maximum Gasteiger partial charge on any atom is 0.177 e. The van der Waals surface area contributed by atoms with Crippen molar-refractivity contribution in [3.05, 3.63) is 29.8 Å². The minimum absolute atomic E-state index is 0.744. The van der Waals surface area contributed by atoms with E-state index in [0.717, 1.165) is 33.9 Å². The van der Waals surface area contributed by atoms with Gasteiger partial charge in [-0.05, 0) is 26.0 Å². The quantitative estimate of drug-likeness (QED) is 0.649. The summed E-state index contributed by atoms with van der Waals surface area (Å²) in [6.07, 6.45) is 1.79. The molecule has 80 valence electrons. The molecule has 0 saturated carbocycles. The smallest absolute Gasteiger partial charge is 0.177 e. The molecule has 0 aliphatic rings. The van der Waals surface area contributed by atoms with Crippen molar-refractivity contribution in [1.82, 2.24) is 25.1 Å². The fourth-order valence-corrected chi connectivity index (χ4v) is 1.73. The van der Waals surface area contributed by atoms with Crippen molar-refractivity contribution in [3.8, 4) is 11.3 Å². The van der Waals surface area contributed by atoms with Gasteiger partial charge in [-0.3, -0.25) is 5.10 Å². The monoisotopic (exact) mass is 213 g/mol. The number of rotatable bonds is 1. The molecule has 0 aliphatic carbocycles. The molecular weight excluding hydrogens is 202 g/mol. The van der Waals surface area contributed by atoms with E-state index in [0.29, 0.717) is 0 Å². The predicted octanol–water partition coefficient (Wildman–Crippen LogP) is 1.96. The minimum atomic E-state index is 0.744. The summed E-state index contributed by atoms with van der Waals surface area (Å²) in [6, 6.07) is 4.00. The number of nitrogens with one attached hydrogen (secondary N) is 2. The number of aromatic nitrogens is 5. The topological polar surface area (TPSA) is 70.2 Å². The predicted molar refractivity (Wildman–Crippen MR) is 60.9 cm³/mol. The van der Waals surface area contributed by atoms with Crippen LogP contribution in [0.15, 0.2) is 18.3 Å². The molecule has 16 heavy (non-hydrogen) atoms. The number of hydrogen-bond acceptors (Lipinski definition) is 3. The number of pyridine rings is 1. The van der Waals surface area contributed by atoms with Crippen LogP contribution < -0.4 is 0 Å². The first-order chi connectivity index (χ1) is 7.72. The van der Waals surface area contributed by atoms with E-state index in [-0.39, 0.29) is 0 Å². The largest absolute Gasteiger partial charge is 0.341 e. The summed E-state index contributed by atoms with van der Waals surface area (Å²) in [5.41, 5.74) is 4.61. The summed E-state index contributed by atoms with van der Waals surface area (Å²) in [6.45, 7) is 3.89. The first-order valence-corrected chi connectivity index (χ1v) is 5.07. The number of imidazole rings is 1. The summed E-state index contributed by atoms with van der Waals surface area (Å²) in [4.78, 5) is 11.7. The average Bonchev–Trinajstić information content (AvgIpc) is 2.81. The minimum Gasteiger partial charge on any atom is -0.341 e. The fourth-order valence-electron chi connectivity index (χ4n) is 1.73. The summed E-state index contributed by atoms with van der Waals surface area (Å²) in [5.74, 6) is 0.873. The van der Waals surface area contributed by atoms with E-state index in [9.17, 15) is 0 Å². The van der Waals surface area contributed by atoms with Crippen molar-refractivity contribution in [2.75, 3.05) is 0 Å². The van der Waals surface area contributed by atoms with E-state index < -0.39 is 0 Å². The van der Waals surface area contributed by atoms with Gasteiger partial charge in [0.2, 0.25) is 0 Å². The third-order valence-corrected chi connectivity index (χ3v) is 2.46. The molecule has 0 amide bonds. The zero-order valence-corrected chi connectivity index (χ0v) is 9.07. The highest BCUT2D eigenvalue weighted by atomic mass is 15.1. The number of fused-ring (bicyclic) bond motifs is 1. The standard InChI is InChI=1S/C11H11N5/c1-6-3-9(16-15-6)8-4-10-11(12-5-8)14-7(2)13-10/h3-5H,1-2H3,(H,15,16)(H,12,13,14). The third kappa shape index (κ3) is 1.37. The van der Waals surface area contributed by atoms with Crippen LogP contribution >= 0.6 is 0 Å². The molecule has 3 aromatic rings. The van der Waals surface area contributed by atoms with Crippen LogP contribution in [0.25, 0.3) is 22.4 Å². The van der Waals surface area contributed by atoms with Crippen LogP contribution in [-0.2, 0) is 0 Å². The molecule has 0 aromatic carbocycles. The lowest BCUT2D eigenvalue weighted by Gasteiger charge is -1.94. The van der Waals surface area contributed by atoms with E-state index in [1.54, 1.807) is 6.20 Å². The highest BCUT2D eigenvalue weighted by molar-refractivity contribution is 5.76. The number of aryl methyl sites for hydroxylation is 2. The van der Waals surface area contributed by atoms with E-state index in [2.05, 4.69) is 25.1 Å². The van der Waals surface area contributed by atoms with Crippen molar-refractivity contribution < 1.29 is 0 Å². The Morgan fingerprint density at radius 1 is 1.19 bits per heavy atom. The van der Waals surface area contributed by atoms with Crippen LogP contribution in [0.2, 0.25) is 0 Å². The highest BCUT2D eigenvalue weighted by Crippen LogP contribution is 2.20. The first kappa shape index (κ1) is 9.08. The molecule has 0 fully saturated rings. The Morgan fingerprint density at radius 3 is 2.81 bits per heavy atom. The third-order valence-electron chi connectivity index (χ3n) is 2.46. The lowest BCUT2D eigenvalue weighted by Crippen LogP contribution is -1.82. The van der Waals surface area contributed by atoms with Gasteiger partial charge in [0.25, 0.3) is 0 Å². The summed E-state index contributed by atoms with van der Waals surface area (Å²) in [5, 5.41) is 7.12. The number of hydrogen-bond donors (Lipinski definition) is 2. The maximum atomic E-state index is 4.29. The van der Waals surface area contributed by atoms with Crippen LogP contribution in [0.5, 0.6) is 0 Å². The van der Waals surface area contributed by atoms with Gasteiger partial charge in [-0.25, -0.2) is 9.97 Å². The normalized spacial score (nSPS) is 11.1. The molecule has 0 bridgehead atoms. The molecule has 0 radical (unpaired) electrons. The Kier molecular flexibility index (Phi) is 1.80. The van der Waals surface area contributed by atoms with Crippen LogP contribution in [0.1, 0.15) is 11.5 Å². The molecule has 3 heterocycles. The number of nitrogens with zero attached hydrogens (tertiary/aromatic N) is 3. The van der Waals surface area contributed by atoms with Crippen molar-refractivity contribution in [2.24, 2.45) is 0 Å². The molecule has 5 heteroatoms. The van der Waals surface area contributed by atoms with Crippen molar-refractivity contribution >= 4 is 11.2 Å². The van der Waals surface area contributed by atoms with E-state index in [1.807, 2.05) is 26.0 Å². The van der Waals surface area contributed by atoms with Gasteiger partial charge in [0, 0.05) is 17.5 Å². The molecule has 0 atom stereocenters. The zero-order valence-electron chi connectivity index (χ0n) is 9.07. The summed E-state index contributed by atoms with van der Waals surface area (Å²) in [7, 11) is 0. The average molecular weight is 213 g/mol. The van der Waals surface area contributed by atoms with Gasteiger partial charge < -0.3 is 4.98 Å². The van der Waals surface area contributed by atoms with Crippen molar-refractivity contribution in [3.63, 3.8) is 0 Å². The summed E-state index contributed by atoms with van der Waals surface area (Å²) < 4.78 is 0. The molecule has 3 aromatic heterocycles. The van der Waals surface area contributed by atoms with E-state index in [4.69, 9.17) is 0 Å². The Labute approximate surface area is 91.9 Å². The zero-order chi connectivity index (χ0) is 11.1. The fraction of sp³-hybridized carbons (Fsp3) is 0.182.